The van der Waals surface area contributed by atoms with Crippen LogP contribution in [0.2, 0.25) is 0 Å². The van der Waals surface area contributed by atoms with E-state index in [1.165, 1.54) is 5.56 Å². The Bertz CT molecular complexity index is 502. The molecule has 0 spiro atoms. The van der Waals surface area contributed by atoms with Gasteiger partial charge in [-0.25, -0.2) is 4.79 Å². The predicted octanol–water partition coefficient (Wildman–Crippen LogP) is 2.39. The highest BCUT2D eigenvalue weighted by atomic mass is 16.7. The Labute approximate surface area is 124 Å². The summed E-state index contributed by atoms with van der Waals surface area (Å²) in [5.74, 6) is -0.0557. The fourth-order valence-electron chi connectivity index (χ4n) is 2.52. The molecule has 1 aromatic rings. The topological polar surface area (TPSA) is 55.8 Å². The second-order valence-electron chi connectivity index (χ2n) is 5.39. The highest BCUT2D eigenvalue weighted by Gasteiger charge is 2.42. The van der Waals surface area contributed by atoms with Crippen molar-refractivity contribution in [3.63, 3.8) is 0 Å². The van der Waals surface area contributed by atoms with Gasteiger partial charge in [-0.15, -0.1) is 0 Å². The minimum absolute atomic E-state index is 0.0557. The van der Waals surface area contributed by atoms with Crippen molar-refractivity contribution in [2.45, 2.75) is 32.4 Å². The molecule has 0 saturated carbocycles. The molecule has 1 saturated heterocycles. The number of Topliss-reactive ketones (excluding diaryl/α,β-unsaturated/α-hetero) is 1. The molecule has 0 aliphatic carbocycles. The van der Waals surface area contributed by atoms with Crippen molar-refractivity contribution in [1.82, 2.24) is 4.90 Å². The van der Waals surface area contributed by atoms with Gasteiger partial charge in [-0.05, 0) is 19.4 Å². The summed E-state index contributed by atoms with van der Waals surface area (Å²) in [5, 5.41) is 0. The Morgan fingerprint density at radius 1 is 1.33 bits per heavy atom. The van der Waals surface area contributed by atoms with Crippen LogP contribution in [0.5, 0.6) is 0 Å². The number of benzene rings is 1. The lowest BCUT2D eigenvalue weighted by Crippen LogP contribution is -2.54. The largest absolute Gasteiger partial charge is 0.509 e. The maximum Gasteiger partial charge on any atom is 0.509 e. The molecule has 114 valence electrons. The molecule has 0 N–H and O–H groups in total. The number of carbonyl (C=O) groups excluding carboxylic acids is 2. The van der Waals surface area contributed by atoms with E-state index in [4.69, 9.17) is 9.47 Å². The van der Waals surface area contributed by atoms with Crippen molar-refractivity contribution in [2.24, 2.45) is 0 Å². The molecule has 5 heteroatoms. The van der Waals surface area contributed by atoms with Crippen LogP contribution >= 0.6 is 0 Å². The van der Waals surface area contributed by atoms with Gasteiger partial charge in [-0.2, -0.15) is 0 Å². The minimum atomic E-state index is -1.13. The molecule has 1 aliphatic heterocycles. The van der Waals surface area contributed by atoms with E-state index < -0.39 is 11.8 Å². The zero-order chi connectivity index (χ0) is 15.3. The maximum atomic E-state index is 12.1. The van der Waals surface area contributed by atoms with Crippen LogP contribution in [-0.4, -0.2) is 42.1 Å². The molecule has 0 bridgehead atoms. The third-order valence-corrected chi connectivity index (χ3v) is 3.59. The Balaban J connectivity index is 2.01. The Kier molecular flexibility index (Phi) is 4.96. The highest BCUT2D eigenvalue weighted by Crippen LogP contribution is 2.23. The van der Waals surface area contributed by atoms with Gasteiger partial charge in [-0.3, -0.25) is 9.69 Å². The fraction of sp³-hybridized carbons (Fsp3) is 0.500. The Morgan fingerprint density at radius 2 is 2.05 bits per heavy atom. The van der Waals surface area contributed by atoms with Gasteiger partial charge in [0.15, 0.2) is 11.4 Å². The number of carbonyl (C=O) groups is 2. The van der Waals surface area contributed by atoms with Gasteiger partial charge in [0, 0.05) is 26.1 Å². The summed E-state index contributed by atoms with van der Waals surface area (Å²) in [4.78, 5) is 25.7. The molecular formula is C16H21NO4. The summed E-state index contributed by atoms with van der Waals surface area (Å²) in [5.41, 5.74) is 0.0459. The fourth-order valence-corrected chi connectivity index (χ4v) is 2.52. The predicted molar refractivity (Wildman–Crippen MR) is 77.9 cm³/mol. The highest BCUT2D eigenvalue weighted by molar-refractivity contribution is 5.89. The molecule has 5 nitrogen and oxygen atoms in total. The zero-order valence-electron chi connectivity index (χ0n) is 12.5. The average Bonchev–Trinajstić information content (AvgIpc) is 2.44. The first kappa shape index (κ1) is 15.5. The lowest BCUT2D eigenvalue weighted by Gasteiger charge is -2.38. The molecule has 1 aromatic carbocycles. The van der Waals surface area contributed by atoms with E-state index in [2.05, 4.69) is 4.90 Å². The van der Waals surface area contributed by atoms with Crippen LogP contribution in [0.25, 0.3) is 0 Å². The van der Waals surface area contributed by atoms with Crippen molar-refractivity contribution in [1.29, 1.82) is 0 Å². The Hall–Kier alpha value is -1.88. The number of ether oxygens (including phenoxy) is 2. The van der Waals surface area contributed by atoms with Gasteiger partial charge in [-0.1, -0.05) is 30.3 Å². The van der Waals surface area contributed by atoms with Crippen LogP contribution in [0.1, 0.15) is 25.8 Å². The second kappa shape index (κ2) is 6.72. The summed E-state index contributed by atoms with van der Waals surface area (Å²) in [7, 11) is 0. The first-order valence-electron chi connectivity index (χ1n) is 7.19. The summed E-state index contributed by atoms with van der Waals surface area (Å²) in [6.07, 6.45) is -0.405. The van der Waals surface area contributed by atoms with Crippen molar-refractivity contribution in [2.75, 3.05) is 19.7 Å². The van der Waals surface area contributed by atoms with Gasteiger partial charge in [0.2, 0.25) is 0 Å². The van der Waals surface area contributed by atoms with E-state index in [9.17, 15) is 9.59 Å². The first-order valence-corrected chi connectivity index (χ1v) is 7.19. The summed E-state index contributed by atoms with van der Waals surface area (Å²) in [6, 6.07) is 10.0. The molecular weight excluding hydrogens is 270 g/mol. The van der Waals surface area contributed by atoms with Crippen molar-refractivity contribution >= 4 is 11.9 Å². The number of rotatable bonds is 4. The third kappa shape index (κ3) is 4.04. The van der Waals surface area contributed by atoms with E-state index in [1.54, 1.807) is 13.8 Å². The average molecular weight is 291 g/mol. The quantitative estimate of drug-likeness (QED) is 0.797. The van der Waals surface area contributed by atoms with Gasteiger partial charge >= 0.3 is 6.16 Å². The molecule has 0 aromatic heterocycles. The summed E-state index contributed by atoms with van der Waals surface area (Å²) >= 11 is 0. The van der Waals surface area contributed by atoms with Crippen LogP contribution in [-0.2, 0) is 20.8 Å². The lowest BCUT2D eigenvalue weighted by atomic mass is 9.93. The molecule has 2 rings (SSSR count). The van der Waals surface area contributed by atoms with Crippen LogP contribution in [0.4, 0.5) is 4.79 Å². The van der Waals surface area contributed by atoms with Gasteiger partial charge < -0.3 is 9.47 Å². The van der Waals surface area contributed by atoms with E-state index >= 15 is 0 Å². The van der Waals surface area contributed by atoms with Crippen LogP contribution in [0.3, 0.4) is 0 Å². The zero-order valence-corrected chi connectivity index (χ0v) is 12.5. The smallest absolute Gasteiger partial charge is 0.435 e. The van der Waals surface area contributed by atoms with E-state index in [-0.39, 0.29) is 12.4 Å². The van der Waals surface area contributed by atoms with E-state index in [1.807, 2.05) is 30.3 Å². The van der Waals surface area contributed by atoms with Crippen molar-refractivity contribution < 1.29 is 19.1 Å². The molecule has 21 heavy (non-hydrogen) atoms. The monoisotopic (exact) mass is 291 g/mol. The number of piperidine rings is 1. The number of hydrogen-bond acceptors (Lipinski definition) is 5. The van der Waals surface area contributed by atoms with Gasteiger partial charge in [0.05, 0.1) is 6.61 Å². The second-order valence-corrected chi connectivity index (χ2v) is 5.39. The number of nitrogens with zero attached hydrogens (tertiary/aromatic N) is 1. The molecule has 1 aliphatic rings. The van der Waals surface area contributed by atoms with Crippen LogP contribution in [0, 0.1) is 0 Å². The molecule has 0 radical (unpaired) electrons. The van der Waals surface area contributed by atoms with E-state index in [0.29, 0.717) is 19.5 Å². The number of hydrogen-bond donors (Lipinski definition) is 0. The minimum Gasteiger partial charge on any atom is -0.435 e. The standard InChI is InChI=1S/C16H21NO4/c1-3-20-15(19)21-16(2)12-17(10-9-14(16)18)11-13-7-5-4-6-8-13/h4-8H,3,9-12H2,1-2H3. The molecule has 1 heterocycles. The molecule has 1 unspecified atom stereocenters. The van der Waals surface area contributed by atoms with Crippen LogP contribution in [0.15, 0.2) is 30.3 Å². The molecule has 0 amide bonds. The normalized spacial score (nSPS) is 22.9. The van der Waals surface area contributed by atoms with Crippen molar-refractivity contribution in [3.05, 3.63) is 35.9 Å². The third-order valence-electron chi connectivity index (χ3n) is 3.59. The Morgan fingerprint density at radius 3 is 2.71 bits per heavy atom. The number of ketones is 1. The van der Waals surface area contributed by atoms with Crippen LogP contribution < -0.4 is 0 Å². The summed E-state index contributed by atoms with van der Waals surface area (Å²) < 4.78 is 10.0. The molecule has 1 atom stereocenters. The number of likely N-dealkylation sites (tertiary alicyclic amines) is 1. The van der Waals surface area contributed by atoms with Crippen molar-refractivity contribution in [3.8, 4) is 0 Å². The maximum absolute atomic E-state index is 12.1. The van der Waals surface area contributed by atoms with E-state index in [0.717, 1.165) is 6.54 Å². The molecule has 1 fully saturated rings. The lowest BCUT2D eigenvalue weighted by molar-refractivity contribution is -0.146. The van der Waals surface area contributed by atoms with Gasteiger partial charge in [0.1, 0.15) is 0 Å². The SMILES string of the molecule is CCOC(=O)OC1(C)CN(Cc2ccccc2)CCC1=O. The summed E-state index contributed by atoms with van der Waals surface area (Å²) in [6.45, 7) is 5.39. The first-order chi connectivity index (χ1) is 10.0. The van der Waals surface area contributed by atoms with Gasteiger partial charge in [0.25, 0.3) is 0 Å².